The lowest BCUT2D eigenvalue weighted by Gasteiger charge is -2.11. The van der Waals surface area contributed by atoms with Crippen molar-refractivity contribution in [1.82, 2.24) is 0 Å². The molecule has 0 amide bonds. The van der Waals surface area contributed by atoms with E-state index in [1.165, 1.54) is 13.0 Å². The molecule has 0 aliphatic carbocycles. The maximum atomic E-state index is 12.3. The lowest BCUT2D eigenvalue weighted by atomic mass is 10.1. The van der Waals surface area contributed by atoms with Gasteiger partial charge in [-0.25, -0.2) is 0 Å². The zero-order valence-corrected chi connectivity index (χ0v) is 8.33. The molecule has 0 aliphatic heterocycles. The highest BCUT2D eigenvalue weighted by Gasteiger charge is 2.33. The summed E-state index contributed by atoms with van der Waals surface area (Å²) in [4.78, 5) is 0. The molecule has 1 nitrogen and oxygen atoms in total. The molecular weight excluding hydrogens is 247 g/mol. The van der Waals surface area contributed by atoms with Gasteiger partial charge in [-0.15, -0.1) is 0 Å². The SMILES string of the molecule is Cc1cc(C(F)(F)F)c(Br)cc1N. The van der Waals surface area contributed by atoms with Crippen LogP contribution >= 0.6 is 15.9 Å². The van der Waals surface area contributed by atoms with Gasteiger partial charge < -0.3 is 5.73 Å². The second-order valence-electron chi connectivity index (χ2n) is 2.69. The number of nitrogen functional groups attached to an aromatic ring is 1. The van der Waals surface area contributed by atoms with Gasteiger partial charge in [0.1, 0.15) is 0 Å². The summed E-state index contributed by atoms with van der Waals surface area (Å²) in [5.74, 6) is 0. The summed E-state index contributed by atoms with van der Waals surface area (Å²) in [5.41, 5.74) is 5.51. The third-order valence-electron chi connectivity index (χ3n) is 1.66. The number of aryl methyl sites for hydroxylation is 1. The van der Waals surface area contributed by atoms with Crippen molar-refractivity contribution < 1.29 is 13.2 Å². The summed E-state index contributed by atoms with van der Waals surface area (Å²) >= 11 is 2.82. The first kappa shape index (κ1) is 10.4. The van der Waals surface area contributed by atoms with Crippen LogP contribution in [-0.4, -0.2) is 0 Å². The highest BCUT2D eigenvalue weighted by molar-refractivity contribution is 9.10. The number of halogens is 4. The van der Waals surface area contributed by atoms with Crippen LogP contribution in [0.3, 0.4) is 0 Å². The Morgan fingerprint density at radius 2 is 1.85 bits per heavy atom. The summed E-state index contributed by atoms with van der Waals surface area (Å²) in [7, 11) is 0. The summed E-state index contributed by atoms with van der Waals surface area (Å²) in [5, 5.41) is 0. The minimum Gasteiger partial charge on any atom is -0.398 e. The predicted molar refractivity (Wildman–Crippen MR) is 48.3 cm³/mol. The second kappa shape index (κ2) is 3.21. The normalized spacial score (nSPS) is 11.8. The molecule has 13 heavy (non-hydrogen) atoms. The lowest BCUT2D eigenvalue weighted by molar-refractivity contribution is -0.138. The van der Waals surface area contributed by atoms with E-state index in [0.29, 0.717) is 11.3 Å². The zero-order chi connectivity index (χ0) is 10.2. The molecule has 0 unspecified atom stereocenters. The predicted octanol–water partition coefficient (Wildman–Crippen LogP) is 3.36. The lowest BCUT2D eigenvalue weighted by Crippen LogP contribution is -2.07. The van der Waals surface area contributed by atoms with Crippen molar-refractivity contribution in [2.24, 2.45) is 0 Å². The number of rotatable bonds is 0. The third kappa shape index (κ3) is 2.15. The monoisotopic (exact) mass is 253 g/mol. The maximum Gasteiger partial charge on any atom is 0.417 e. The smallest absolute Gasteiger partial charge is 0.398 e. The van der Waals surface area contributed by atoms with Crippen LogP contribution in [-0.2, 0) is 6.18 Å². The van der Waals surface area contributed by atoms with Crippen LogP contribution in [0, 0.1) is 6.92 Å². The van der Waals surface area contributed by atoms with E-state index in [-0.39, 0.29) is 4.47 Å². The molecule has 72 valence electrons. The molecule has 1 aromatic carbocycles. The van der Waals surface area contributed by atoms with Crippen LogP contribution in [0.25, 0.3) is 0 Å². The standard InChI is InChI=1S/C8H7BrF3N/c1-4-2-5(8(10,11)12)6(9)3-7(4)13/h2-3H,13H2,1H3. The van der Waals surface area contributed by atoms with Crippen LogP contribution in [0.5, 0.6) is 0 Å². The van der Waals surface area contributed by atoms with Gasteiger partial charge in [0.25, 0.3) is 0 Å². The largest absolute Gasteiger partial charge is 0.417 e. The Morgan fingerprint density at radius 3 is 2.31 bits per heavy atom. The van der Waals surface area contributed by atoms with Gasteiger partial charge in [0.15, 0.2) is 0 Å². The van der Waals surface area contributed by atoms with E-state index in [1.54, 1.807) is 0 Å². The first-order chi connectivity index (χ1) is 5.82. The molecule has 0 fully saturated rings. The highest BCUT2D eigenvalue weighted by atomic mass is 79.9. The first-order valence-corrected chi connectivity index (χ1v) is 4.24. The minimum atomic E-state index is -4.34. The Morgan fingerprint density at radius 1 is 1.31 bits per heavy atom. The number of hydrogen-bond acceptors (Lipinski definition) is 1. The van der Waals surface area contributed by atoms with Gasteiger partial charge in [0.2, 0.25) is 0 Å². The molecule has 0 aromatic heterocycles. The molecule has 0 aliphatic rings. The molecule has 5 heteroatoms. The molecule has 2 N–H and O–H groups in total. The fraction of sp³-hybridized carbons (Fsp3) is 0.250. The topological polar surface area (TPSA) is 26.0 Å². The fourth-order valence-electron chi connectivity index (χ4n) is 0.914. The van der Waals surface area contributed by atoms with Crippen LogP contribution in [0.4, 0.5) is 18.9 Å². The summed E-state index contributed by atoms with van der Waals surface area (Å²) in [6, 6.07) is 2.29. The summed E-state index contributed by atoms with van der Waals surface area (Å²) < 4.78 is 36.8. The average molecular weight is 254 g/mol. The molecule has 0 heterocycles. The van der Waals surface area contributed by atoms with E-state index in [9.17, 15) is 13.2 Å². The Bertz CT molecular complexity index is 333. The summed E-state index contributed by atoms with van der Waals surface area (Å²) in [6.45, 7) is 1.54. The molecule has 0 bridgehead atoms. The van der Waals surface area contributed by atoms with Crippen molar-refractivity contribution in [3.05, 3.63) is 27.7 Å². The van der Waals surface area contributed by atoms with E-state index >= 15 is 0 Å². The number of nitrogens with two attached hydrogens (primary N) is 1. The van der Waals surface area contributed by atoms with Gasteiger partial charge in [-0.1, -0.05) is 15.9 Å². The Labute approximate surface area is 81.9 Å². The molecule has 1 aromatic rings. The van der Waals surface area contributed by atoms with E-state index in [4.69, 9.17) is 5.73 Å². The van der Waals surface area contributed by atoms with E-state index in [0.717, 1.165) is 6.07 Å². The molecule has 0 saturated carbocycles. The number of benzene rings is 1. The molecule has 0 atom stereocenters. The Balaban J connectivity index is 3.32. The van der Waals surface area contributed by atoms with Gasteiger partial charge in [-0.2, -0.15) is 13.2 Å². The number of alkyl halides is 3. The van der Waals surface area contributed by atoms with Crippen LogP contribution in [0.1, 0.15) is 11.1 Å². The van der Waals surface area contributed by atoms with Crippen molar-refractivity contribution in [2.75, 3.05) is 5.73 Å². The van der Waals surface area contributed by atoms with E-state index < -0.39 is 11.7 Å². The zero-order valence-electron chi connectivity index (χ0n) is 6.74. The first-order valence-electron chi connectivity index (χ1n) is 3.45. The minimum absolute atomic E-state index is 0.0249. The van der Waals surface area contributed by atoms with Crippen LogP contribution in [0.2, 0.25) is 0 Å². The molecular formula is C8H7BrF3N. The molecule has 0 spiro atoms. The van der Waals surface area contributed by atoms with Crippen LogP contribution in [0.15, 0.2) is 16.6 Å². The van der Waals surface area contributed by atoms with Gasteiger partial charge >= 0.3 is 6.18 Å². The quantitative estimate of drug-likeness (QED) is 0.706. The Kier molecular flexibility index (Phi) is 2.56. The van der Waals surface area contributed by atoms with Crippen LogP contribution < -0.4 is 5.73 Å². The van der Waals surface area contributed by atoms with Crippen molar-refractivity contribution in [3.63, 3.8) is 0 Å². The van der Waals surface area contributed by atoms with Gasteiger partial charge in [0, 0.05) is 10.2 Å². The van der Waals surface area contributed by atoms with Gasteiger partial charge in [-0.3, -0.25) is 0 Å². The average Bonchev–Trinajstić information content (AvgIpc) is 1.94. The number of hydrogen-bond donors (Lipinski definition) is 1. The molecule has 0 saturated heterocycles. The van der Waals surface area contributed by atoms with Crippen molar-refractivity contribution in [1.29, 1.82) is 0 Å². The van der Waals surface area contributed by atoms with Crippen molar-refractivity contribution in [3.8, 4) is 0 Å². The summed E-state index contributed by atoms with van der Waals surface area (Å²) in [6.07, 6.45) is -4.34. The molecule has 0 radical (unpaired) electrons. The Hall–Kier alpha value is -0.710. The number of anilines is 1. The fourth-order valence-corrected chi connectivity index (χ4v) is 1.50. The molecule has 1 rings (SSSR count). The van der Waals surface area contributed by atoms with Crippen molar-refractivity contribution in [2.45, 2.75) is 13.1 Å². The maximum absolute atomic E-state index is 12.3. The highest BCUT2D eigenvalue weighted by Crippen LogP contribution is 2.36. The van der Waals surface area contributed by atoms with E-state index in [2.05, 4.69) is 15.9 Å². The third-order valence-corrected chi connectivity index (χ3v) is 2.32. The van der Waals surface area contributed by atoms with E-state index in [1.807, 2.05) is 0 Å². The van der Waals surface area contributed by atoms with Gasteiger partial charge in [0.05, 0.1) is 5.56 Å². The van der Waals surface area contributed by atoms with Gasteiger partial charge in [-0.05, 0) is 24.6 Å². The van der Waals surface area contributed by atoms with Crippen molar-refractivity contribution >= 4 is 21.6 Å². The second-order valence-corrected chi connectivity index (χ2v) is 3.54.